The average Bonchev–Trinajstić information content (AvgIpc) is 1.62. The minimum absolute atomic E-state index is 0.998. The Bertz CT molecular complexity index is 147. The number of rotatable bonds is 1. The van der Waals surface area contributed by atoms with Crippen LogP contribution in [0.25, 0.3) is 0 Å². The van der Waals surface area contributed by atoms with Crippen LogP contribution < -0.4 is 0 Å². The van der Waals surface area contributed by atoms with Crippen LogP contribution in [0.3, 0.4) is 0 Å². The molecule has 0 aliphatic rings. The third-order valence-electron chi connectivity index (χ3n) is 0.452. The Labute approximate surface area is 76.2 Å². The Kier molecular flexibility index (Phi) is 3.32. The van der Waals surface area contributed by atoms with Crippen molar-refractivity contribution >= 4 is 59.5 Å². The molecule has 0 aromatic heterocycles. The zero-order chi connectivity index (χ0) is 7.65. The van der Waals surface area contributed by atoms with Crippen LogP contribution in [0.1, 0.15) is 0 Å². The van der Waals surface area contributed by atoms with Gasteiger partial charge in [-0.05, 0) is 0 Å². The normalized spacial score (nSPS) is 11.0. The molecule has 3 nitrogen and oxygen atoms in total. The molecule has 0 amide bonds. The van der Waals surface area contributed by atoms with Gasteiger partial charge in [-0.3, -0.25) is 4.79 Å². The maximum absolute atomic E-state index is 10.4. The van der Waals surface area contributed by atoms with Gasteiger partial charge < -0.3 is 5.11 Å². The highest BCUT2D eigenvalue weighted by atomic mass is 80.0. The number of carboxylic acid groups (broad SMARTS) is 1. The molecule has 0 unspecified atom stereocenters. The number of hydrogen-bond acceptors (Lipinski definition) is 2. The molecule has 0 radical (unpaired) electrons. The van der Waals surface area contributed by atoms with Crippen LogP contribution in [0.15, 0.2) is 0 Å². The zero-order valence-electron chi connectivity index (χ0n) is 3.90. The molecule has 0 aromatic carbocycles. The van der Waals surface area contributed by atoms with Crippen LogP contribution in [-0.2, 0) is 9.59 Å². The standard InChI is InChI=1S/C3HBr3O3/c4-3(5,6)1(7)2(8)9/h(H,8,9). The quantitative estimate of drug-likeness (QED) is 0.587. The van der Waals surface area contributed by atoms with Crippen molar-refractivity contribution in [2.45, 2.75) is 2.14 Å². The largest absolute Gasteiger partial charge is 0.475 e. The van der Waals surface area contributed by atoms with Gasteiger partial charge in [0.2, 0.25) is 2.14 Å². The monoisotopic (exact) mass is 322 g/mol. The second-order valence-corrected chi connectivity index (χ2v) is 7.89. The Hall–Kier alpha value is 0.580. The summed E-state index contributed by atoms with van der Waals surface area (Å²) < 4.78 is -1.32. The van der Waals surface area contributed by atoms with E-state index in [0.717, 1.165) is 0 Å². The van der Waals surface area contributed by atoms with E-state index >= 15 is 0 Å². The van der Waals surface area contributed by atoms with Gasteiger partial charge >= 0.3 is 5.97 Å². The van der Waals surface area contributed by atoms with Crippen LogP contribution >= 0.6 is 47.8 Å². The number of carboxylic acids is 1. The van der Waals surface area contributed by atoms with E-state index in [9.17, 15) is 9.59 Å². The first kappa shape index (κ1) is 9.58. The van der Waals surface area contributed by atoms with Gasteiger partial charge in [-0.25, -0.2) is 4.79 Å². The summed E-state index contributed by atoms with van der Waals surface area (Å²) in [5, 5.41) is 8.08. The maximum Gasteiger partial charge on any atom is 0.375 e. The number of hydrogen-bond donors (Lipinski definition) is 1. The molecule has 0 aliphatic heterocycles. The number of ketones is 1. The van der Waals surface area contributed by atoms with E-state index in [1.54, 1.807) is 0 Å². The van der Waals surface area contributed by atoms with Crippen molar-refractivity contribution in [1.82, 2.24) is 0 Å². The third-order valence-corrected chi connectivity index (χ3v) is 1.53. The second kappa shape index (κ2) is 3.12. The minimum atomic E-state index is -1.50. The topological polar surface area (TPSA) is 54.4 Å². The number of aliphatic carboxylic acids is 1. The maximum atomic E-state index is 10.4. The van der Waals surface area contributed by atoms with Gasteiger partial charge in [0.05, 0.1) is 0 Å². The van der Waals surface area contributed by atoms with Crippen LogP contribution in [0.5, 0.6) is 0 Å². The van der Waals surface area contributed by atoms with Crippen molar-refractivity contribution in [3.63, 3.8) is 0 Å². The van der Waals surface area contributed by atoms with Crippen LogP contribution in [0, 0.1) is 0 Å². The Morgan fingerprint density at radius 2 is 1.56 bits per heavy atom. The van der Waals surface area contributed by atoms with Crippen molar-refractivity contribution in [1.29, 1.82) is 0 Å². The molecule has 0 saturated carbocycles. The summed E-state index contributed by atoms with van der Waals surface area (Å²) in [5.74, 6) is -2.50. The summed E-state index contributed by atoms with van der Waals surface area (Å²) in [4.78, 5) is 20.3. The highest BCUT2D eigenvalue weighted by Gasteiger charge is 2.34. The van der Waals surface area contributed by atoms with Gasteiger partial charge in [0.15, 0.2) is 0 Å². The number of carbonyl (C=O) groups excluding carboxylic acids is 1. The van der Waals surface area contributed by atoms with E-state index in [-0.39, 0.29) is 0 Å². The lowest BCUT2D eigenvalue weighted by atomic mass is 10.5. The first-order chi connectivity index (χ1) is 3.85. The minimum Gasteiger partial charge on any atom is -0.475 e. The van der Waals surface area contributed by atoms with Gasteiger partial charge in [0.1, 0.15) is 0 Å². The van der Waals surface area contributed by atoms with Gasteiger partial charge in [-0.2, -0.15) is 0 Å². The molecule has 0 heterocycles. The molecule has 0 atom stereocenters. The molecule has 0 rings (SSSR count). The van der Waals surface area contributed by atoms with Gasteiger partial charge in [0.25, 0.3) is 5.78 Å². The van der Waals surface area contributed by atoms with E-state index in [1.807, 2.05) is 0 Å². The van der Waals surface area contributed by atoms with Gasteiger partial charge in [0, 0.05) is 0 Å². The zero-order valence-corrected chi connectivity index (χ0v) is 8.66. The fourth-order valence-electron chi connectivity index (χ4n) is 0.121. The molecule has 52 valence electrons. The van der Waals surface area contributed by atoms with Crippen molar-refractivity contribution in [3.8, 4) is 0 Å². The van der Waals surface area contributed by atoms with Crippen LogP contribution in [0.2, 0.25) is 0 Å². The van der Waals surface area contributed by atoms with Crippen LogP contribution in [0.4, 0.5) is 0 Å². The number of halogens is 3. The molecule has 0 spiro atoms. The smallest absolute Gasteiger partial charge is 0.375 e. The van der Waals surface area contributed by atoms with E-state index < -0.39 is 13.9 Å². The number of alkyl halides is 3. The summed E-state index contributed by atoms with van der Waals surface area (Å²) in [7, 11) is 0. The average molecular weight is 325 g/mol. The molecule has 0 aromatic rings. The summed E-state index contributed by atoms with van der Waals surface area (Å²) >= 11 is 8.24. The molecule has 1 N–H and O–H groups in total. The lowest BCUT2D eigenvalue weighted by Crippen LogP contribution is -2.25. The molecule has 0 saturated heterocycles. The van der Waals surface area contributed by atoms with E-state index in [4.69, 9.17) is 5.11 Å². The van der Waals surface area contributed by atoms with Crippen molar-refractivity contribution in [2.24, 2.45) is 0 Å². The molecule has 0 fully saturated rings. The van der Waals surface area contributed by atoms with E-state index in [2.05, 4.69) is 47.8 Å². The molecule has 6 heteroatoms. The Morgan fingerprint density at radius 3 is 1.56 bits per heavy atom. The lowest BCUT2D eigenvalue weighted by molar-refractivity contribution is -0.148. The van der Waals surface area contributed by atoms with Crippen molar-refractivity contribution in [3.05, 3.63) is 0 Å². The van der Waals surface area contributed by atoms with E-state index in [0.29, 0.717) is 0 Å². The van der Waals surface area contributed by atoms with Gasteiger partial charge in [-0.15, -0.1) is 0 Å². The first-order valence-corrected chi connectivity index (χ1v) is 4.08. The summed E-state index contributed by atoms with van der Waals surface area (Å²) in [6, 6.07) is 0. The summed E-state index contributed by atoms with van der Waals surface area (Å²) in [6.07, 6.45) is 0. The van der Waals surface area contributed by atoms with Crippen molar-refractivity contribution < 1.29 is 14.7 Å². The van der Waals surface area contributed by atoms with Crippen LogP contribution in [-0.4, -0.2) is 19.0 Å². The van der Waals surface area contributed by atoms with Gasteiger partial charge in [-0.1, -0.05) is 47.8 Å². The fourth-order valence-corrected chi connectivity index (χ4v) is 0.630. The molecule has 0 bridgehead atoms. The number of carbonyl (C=O) groups is 2. The third kappa shape index (κ3) is 3.32. The Balaban J connectivity index is 4.23. The molecule has 9 heavy (non-hydrogen) atoms. The highest BCUT2D eigenvalue weighted by molar-refractivity contribution is 9.40. The lowest BCUT2D eigenvalue weighted by Gasteiger charge is -2.04. The predicted molar refractivity (Wildman–Crippen MR) is 42.2 cm³/mol. The first-order valence-electron chi connectivity index (χ1n) is 1.70. The molecular formula is C3HBr3O3. The summed E-state index contributed by atoms with van der Waals surface area (Å²) in [6.45, 7) is 0. The second-order valence-electron chi connectivity index (χ2n) is 1.13. The molecular weight excluding hydrogens is 324 g/mol. The Morgan fingerprint density at radius 1 is 1.22 bits per heavy atom. The summed E-state index contributed by atoms with van der Waals surface area (Å²) in [5.41, 5.74) is 0. The fraction of sp³-hybridized carbons (Fsp3) is 0.333. The molecule has 0 aliphatic carbocycles. The van der Waals surface area contributed by atoms with E-state index in [1.165, 1.54) is 0 Å². The SMILES string of the molecule is O=C(O)C(=O)C(Br)(Br)Br. The number of Topliss-reactive ketones (excluding diaryl/α,β-unsaturated/α-hetero) is 1. The van der Waals surface area contributed by atoms with Crippen molar-refractivity contribution in [2.75, 3.05) is 0 Å². The highest BCUT2D eigenvalue weighted by Crippen LogP contribution is 2.34. The predicted octanol–water partition coefficient (Wildman–Crippen LogP) is 1.48.